The van der Waals surface area contributed by atoms with E-state index in [9.17, 15) is 4.79 Å². The van der Waals surface area contributed by atoms with Crippen LogP contribution < -0.4 is 16.5 Å². The Morgan fingerprint density at radius 1 is 1.21 bits per heavy atom. The molecule has 6 nitrogen and oxygen atoms in total. The highest BCUT2D eigenvalue weighted by molar-refractivity contribution is 6.00. The molecule has 0 aromatic carbocycles. The Balaban J connectivity index is 1.88. The number of hydrazone groups is 1. The lowest BCUT2D eigenvalue weighted by Gasteiger charge is -2.33. The fourth-order valence-corrected chi connectivity index (χ4v) is 4.03. The molecule has 128 valence electrons. The number of hydrogen-bond acceptors (Lipinski definition) is 4. The van der Waals surface area contributed by atoms with E-state index in [-0.39, 0.29) is 30.0 Å². The lowest BCUT2D eigenvalue weighted by Crippen LogP contribution is -2.39. The van der Waals surface area contributed by atoms with E-state index in [4.69, 9.17) is 5.84 Å². The second-order valence-corrected chi connectivity index (χ2v) is 6.77. The largest absolute Gasteiger partial charge is 0.333 e. The number of amides is 2. The summed E-state index contributed by atoms with van der Waals surface area (Å²) in [4.78, 5) is 16.1. The molecular weight excluding hydrogens is 302 g/mol. The van der Waals surface area contributed by atoms with Crippen LogP contribution in [0.15, 0.2) is 41.6 Å². The fourth-order valence-electron chi connectivity index (χ4n) is 4.03. The summed E-state index contributed by atoms with van der Waals surface area (Å²) >= 11 is 0. The van der Waals surface area contributed by atoms with Crippen LogP contribution in [-0.2, 0) is 0 Å². The average Bonchev–Trinajstić information content (AvgIpc) is 2.90. The summed E-state index contributed by atoms with van der Waals surface area (Å²) < 4.78 is 0. The van der Waals surface area contributed by atoms with Gasteiger partial charge in [0.15, 0.2) is 0 Å². The number of carbonyl (C=O) groups is 1. The van der Waals surface area contributed by atoms with Crippen LogP contribution >= 0.6 is 0 Å². The molecule has 4 N–H and O–H groups in total. The molecule has 6 heteroatoms. The Bertz CT molecular complexity index is 642. The molecule has 4 atom stereocenters. The van der Waals surface area contributed by atoms with E-state index in [0.29, 0.717) is 0 Å². The van der Waals surface area contributed by atoms with Crippen molar-refractivity contribution >= 4 is 11.7 Å². The Kier molecular flexibility index (Phi) is 4.83. The van der Waals surface area contributed by atoms with Crippen molar-refractivity contribution in [3.05, 3.63) is 42.2 Å². The van der Waals surface area contributed by atoms with E-state index < -0.39 is 0 Å². The van der Waals surface area contributed by atoms with Gasteiger partial charge < -0.3 is 16.5 Å². The van der Waals surface area contributed by atoms with Crippen molar-refractivity contribution < 1.29 is 4.79 Å². The lowest BCUT2D eigenvalue weighted by molar-refractivity contribution is 0.246. The van der Waals surface area contributed by atoms with Gasteiger partial charge in [-0.1, -0.05) is 18.2 Å². The first kappa shape index (κ1) is 16.5. The molecule has 1 saturated heterocycles. The van der Waals surface area contributed by atoms with Gasteiger partial charge in [0, 0.05) is 12.1 Å². The van der Waals surface area contributed by atoms with E-state index in [1.54, 1.807) is 6.20 Å². The van der Waals surface area contributed by atoms with Gasteiger partial charge >= 0.3 is 6.03 Å². The fraction of sp³-hybridized carbons (Fsp3) is 0.500. The van der Waals surface area contributed by atoms with E-state index >= 15 is 0 Å². The lowest BCUT2D eigenvalue weighted by atomic mass is 9.73. The normalized spacial score (nSPS) is 30.5. The molecule has 0 bridgehead atoms. The van der Waals surface area contributed by atoms with Crippen LogP contribution in [0.3, 0.4) is 0 Å². The second kappa shape index (κ2) is 7.03. The molecule has 1 aromatic heterocycles. The van der Waals surface area contributed by atoms with Gasteiger partial charge in [-0.25, -0.2) is 4.79 Å². The van der Waals surface area contributed by atoms with Gasteiger partial charge in [-0.05, 0) is 50.7 Å². The first-order valence-electron chi connectivity index (χ1n) is 8.51. The van der Waals surface area contributed by atoms with Crippen LogP contribution in [0.1, 0.15) is 38.3 Å². The van der Waals surface area contributed by atoms with Crippen LogP contribution in [0.25, 0.3) is 0 Å². The SMILES string of the molecule is C=C(C)C1CCC2NC(=O)NC2CCC1/C(=N\N)c1ccccn1. The van der Waals surface area contributed by atoms with Crippen molar-refractivity contribution in [2.75, 3.05) is 0 Å². The molecule has 3 rings (SSSR count). The molecule has 2 fully saturated rings. The zero-order valence-electron chi connectivity index (χ0n) is 14.0. The zero-order chi connectivity index (χ0) is 17.1. The van der Waals surface area contributed by atoms with Crippen LogP contribution in [0.2, 0.25) is 0 Å². The molecule has 1 aliphatic heterocycles. The second-order valence-electron chi connectivity index (χ2n) is 6.77. The monoisotopic (exact) mass is 327 g/mol. The number of rotatable bonds is 3. The number of nitrogens with two attached hydrogens (primary N) is 1. The molecule has 24 heavy (non-hydrogen) atoms. The van der Waals surface area contributed by atoms with Gasteiger partial charge in [0.25, 0.3) is 0 Å². The Morgan fingerprint density at radius 3 is 2.42 bits per heavy atom. The quantitative estimate of drug-likeness (QED) is 0.344. The summed E-state index contributed by atoms with van der Waals surface area (Å²) in [5.41, 5.74) is 2.79. The number of fused-ring (bicyclic) bond motifs is 1. The minimum absolute atomic E-state index is 0.0623. The van der Waals surface area contributed by atoms with Crippen molar-refractivity contribution in [3.8, 4) is 0 Å². The number of hydrogen-bond donors (Lipinski definition) is 3. The maximum Gasteiger partial charge on any atom is 0.315 e. The minimum Gasteiger partial charge on any atom is -0.333 e. The van der Waals surface area contributed by atoms with Gasteiger partial charge in [-0.3, -0.25) is 4.98 Å². The molecule has 1 aliphatic carbocycles. The van der Waals surface area contributed by atoms with Crippen molar-refractivity contribution in [1.82, 2.24) is 15.6 Å². The van der Waals surface area contributed by atoms with Crippen LogP contribution in [-0.4, -0.2) is 28.8 Å². The number of nitrogens with one attached hydrogen (secondary N) is 2. The highest BCUT2D eigenvalue weighted by Gasteiger charge is 2.38. The van der Waals surface area contributed by atoms with Gasteiger partial charge in [-0.2, -0.15) is 5.10 Å². The van der Waals surface area contributed by atoms with E-state index in [0.717, 1.165) is 42.7 Å². The van der Waals surface area contributed by atoms with Crippen LogP contribution in [0.5, 0.6) is 0 Å². The molecule has 2 heterocycles. The summed E-state index contributed by atoms with van der Waals surface area (Å²) in [6.45, 7) is 6.26. The number of aromatic nitrogens is 1. The van der Waals surface area contributed by atoms with Gasteiger partial charge in [0.2, 0.25) is 0 Å². The number of carbonyl (C=O) groups excluding carboxylic acids is 1. The average molecular weight is 327 g/mol. The summed E-state index contributed by atoms with van der Waals surface area (Å²) in [5, 5.41) is 10.1. The third-order valence-electron chi connectivity index (χ3n) is 5.23. The smallest absolute Gasteiger partial charge is 0.315 e. The Labute approximate surface area is 142 Å². The van der Waals surface area contributed by atoms with Crippen molar-refractivity contribution in [3.63, 3.8) is 0 Å². The third-order valence-corrected chi connectivity index (χ3v) is 5.23. The van der Waals surface area contributed by atoms with Gasteiger partial charge in [0.05, 0.1) is 23.5 Å². The number of nitrogens with zero attached hydrogens (tertiary/aromatic N) is 2. The van der Waals surface area contributed by atoms with Crippen molar-refractivity contribution in [2.45, 2.75) is 44.7 Å². The van der Waals surface area contributed by atoms with Gasteiger partial charge in [-0.15, -0.1) is 0 Å². The van der Waals surface area contributed by atoms with Crippen LogP contribution in [0, 0.1) is 11.8 Å². The van der Waals surface area contributed by atoms with E-state index in [1.165, 1.54) is 0 Å². The molecule has 0 radical (unpaired) electrons. The summed E-state index contributed by atoms with van der Waals surface area (Å²) in [6, 6.07) is 6.09. The summed E-state index contributed by atoms with van der Waals surface area (Å²) in [5.74, 6) is 6.21. The Hall–Kier alpha value is -2.37. The highest BCUT2D eigenvalue weighted by Crippen LogP contribution is 2.35. The predicted octanol–water partition coefficient (Wildman–Crippen LogP) is 2.18. The summed E-state index contributed by atoms with van der Waals surface area (Å²) in [7, 11) is 0. The maximum atomic E-state index is 11.6. The first-order valence-corrected chi connectivity index (χ1v) is 8.51. The molecule has 2 amide bonds. The molecule has 1 saturated carbocycles. The van der Waals surface area contributed by atoms with Crippen LogP contribution in [0.4, 0.5) is 4.79 Å². The predicted molar refractivity (Wildman–Crippen MR) is 94.5 cm³/mol. The Morgan fingerprint density at radius 2 is 1.88 bits per heavy atom. The third kappa shape index (κ3) is 3.27. The first-order chi connectivity index (χ1) is 11.6. The zero-order valence-corrected chi connectivity index (χ0v) is 14.0. The minimum atomic E-state index is -0.0623. The summed E-state index contributed by atoms with van der Waals surface area (Å²) in [6.07, 6.45) is 5.43. The molecule has 0 spiro atoms. The van der Waals surface area contributed by atoms with Crippen molar-refractivity contribution in [2.24, 2.45) is 22.8 Å². The molecular formula is C18H25N5O. The molecule has 1 aromatic rings. The molecule has 4 unspecified atom stereocenters. The maximum absolute atomic E-state index is 11.6. The van der Waals surface area contributed by atoms with E-state index in [1.807, 2.05) is 18.2 Å². The highest BCUT2D eigenvalue weighted by atomic mass is 16.2. The topological polar surface area (TPSA) is 92.4 Å². The number of pyridine rings is 1. The standard InChI is InChI=1S/C18H25N5O/c1-11(2)12-6-8-14-15(22-18(24)21-14)9-7-13(12)17(23-19)16-5-3-4-10-20-16/h3-5,10,12-15H,1,6-9,19H2,2H3,(H2,21,22,24)/b23-17+. The van der Waals surface area contributed by atoms with E-state index in [2.05, 4.69) is 34.2 Å². The van der Waals surface area contributed by atoms with Crippen molar-refractivity contribution in [1.29, 1.82) is 0 Å². The number of allylic oxidation sites excluding steroid dienone is 1. The number of urea groups is 1. The van der Waals surface area contributed by atoms with Gasteiger partial charge in [0.1, 0.15) is 0 Å². The molecule has 2 aliphatic rings.